The highest BCUT2D eigenvalue weighted by Crippen LogP contribution is 2.11. The maximum absolute atomic E-state index is 5.41. The number of aromatic nitrogens is 2. The monoisotopic (exact) mass is 209 g/mol. The predicted molar refractivity (Wildman–Crippen MR) is 63.1 cm³/mol. The molecule has 0 bridgehead atoms. The number of nitrogens with zero attached hydrogens (tertiary/aromatic N) is 2. The molecule has 0 aliphatic rings. The van der Waals surface area contributed by atoms with E-state index in [9.17, 15) is 0 Å². The molecule has 0 saturated heterocycles. The first kappa shape index (κ1) is 11.7. The fraction of sp³-hybridized carbons (Fsp3) is 0.600. The highest BCUT2D eigenvalue weighted by Gasteiger charge is 2.02. The molecule has 15 heavy (non-hydrogen) atoms. The van der Waals surface area contributed by atoms with Crippen molar-refractivity contribution >= 4 is 11.6 Å². The zero-order chi connectivity index (χ0) is 11.3. The normalized spacial score (nSPS) is 10.5. The Bertz CT molecular complexity index is 311. The second-order valence-corrected chi connectivity index (χ2v) is 3.70. The Balaban J connectivity index is 2.75. The molecule has 84 valence electrons. The van der Waals surface area contributed by atoms with Crippen LogP contribution in [-0.2, 0) is 0 Å². The molecule has 5 heteroatoms. The fourth-order valence-electron chi connectivity index (χ4n) is 1.23. The molecule has 1 aromatic heterocycles. The van der Waals surface area contributed by atoms with Crippen LogP contribution in [0.25, 0.3) is 0 Å². The summed E-state index contributed by atoms with van der Waals surface area (Å²) in [4.78, 5) is 8.55. The summed E-state index contributed by atoms with van der Waals surface area (Å²) in [5, 5.41) is 6.37. The molecule has 5 nitrogen and oxygen atoms in total. The van der Waals surface area contributed by atoms with E-state index in [-0.39, 0.29) is 0 Å². The van der Waals surface area contributed by atoms with Gasteiger partial charge in [-0.3, -0.25) is 0 Å². The van der Waals surface area contributed by atoms with Crippen LogP contribution in [-0.4, -0.2) is 29.1 Å². The van der Waals surface area contributed by atoms with Crippen LogP contribution in [0.5, 0.6) is 0 Å². The topological polar surface area (TPSA) is 75.9 Å². The summed E-state index contributed by atoms with van der Waals surface area (Å²) in [6.45, 7) is 7.33. The largest absolute Gasteiger partial charge is 0.369 e. The van der Waals surface area contributed by atoms with Crippen LogP contribution in [0.3, 0.4) is 0 Å². The average molecular weight is 209 g/mol. The first-order valence-corrected chi connectivity index (χ1v) is 5.18. The Morgan fingerprint density at radius 2 is 2.00 bits per heavy atom. The average Bonchev–Trinajstić information content (AvgIpc) is 2.12. The van der Waals surface area contributed by atoms with Crippen LogP contribution in [0, 0.1) is 6.92 Å². The molecule has 0 unspecified atom stereocenters. The Labute approximate surface area is 90.5 Å². The van der Waals surface area contributed by atoms with Crippen LogP contribution >= 0.6 is 0 Å². The van der Waals surface area contributed by atoms with E-state index in [4.69, 9.17) is 5.73 Å². The molecule has 0 aliphatic heterocycles. The molecule has 1 aromatic rings. The Hall–Kier alpha value is -1.36. The van der Waals surface area contributed by atoms with Crippen LogP contribution in [0.2, 0.25) is 0 Å². The zero-order valence-electron chi connectivity index (χ0n) is 9.54. The first-order chi connectivity index (χ1) is 7.11. The third-order valence-electron chi connectivity index (χ3n) is 1.72. The van der Waals surface area contributed by atoms with Gasteiger partial charge in [-0.15, -0.1) is 0 Å². The molecule has 4 N–H and O–H groups in total. The minimum absolute atomic E-state index is 0.363. The van der Waals surface area contributed by atoms with Gasteiger partial charge in [0.05, 0.1) is 0 Å². The number of anilines is 2. The molecular weight excluding hydrogens is 190 g/mol. The van der Waals surface area contributed by atoms with Crippen molar-refractivity contribution in [1.29, 1.82) is 0 Å². The van der Waals surface area contributed by atoms with Crippen molar-refractivity contribution in [1.82, 2.24) is 9.97 Å². The van der Waals surface area contributed by atoms with Crippen molar-refractivity contribution in [2.45, 2.75) is 26.8 Å². The van der Waals surface area contributed by atoms with Gasteiger partial charge in [0.1, 0.15) is 17.5 Å². The van der Waals surface area contributed by atoms with E-state index in [1.54, 1.807) is 0 Å². The van der Waals surface area contributed by atoms with Gasteiger partial charge in [-0.2, -0.15) is 0 Å². The maximum Gasteiger partial charge on any atom is 0.131 e. The molecule has 0 aliphatic carbocycles. The van der Waals surface area contributed by atoms with Crippen molar-refractivity contribution in [3.63, 3.8) is 0 Å². The SMILES string of the molecule is Cc1nc(NCCN)cc(NC(C)C)n1. The van der Waals surface area contributed by atoms with Crippen molar-refractivity contribution in [2.75, 3.05) is 23.7 Å². The van der Waals surface area contributed by atoms with Crippen LogP contribution < -0.4 is 16.4 Å². The smallest absolute Gasteiger partial charge is 0.131 e. The molecule has 0 fully saturated rings. The van der Waals surface area contributed by atoms with E-state index in [0.29, 0.717) is 12.6 Å². The number of nitrogens with two attached hydrogens (primary N) is 1. The lowest BCUT2D eigenvalue weighted by molar-refractivity contribution is 0.879. The number of aryl methyl sites for hydroxylation is 1. The van der Waals surface area contributed by atoms with Gasteiger partial charge in [0, 0.05) is 25.2 Å². The molecule has 0 aromatic carbocycles. The Morgan fingerprint density at radius 3 is 2.60 bits per heavy atom. The standard InChI is InChI=1S/C10H19N5/c1-7(2)13-10-6-9(12-5-4-11)14-8(3)15-10/h6-7H,4-5,11H2,1-3H3,(H2,12,13,14,15). The second-order valence-electron chi connectivity index (χ2n) is 3.70. The molecule has 0 atom stereocenters. The lowest BCUT2D eigenvalue weighted by Crippen LogP contribution is -2.16. The summed E-state index contributed by atoms with van der Waals surface area (Å²) in [6.07, 6.45) is 0. The zero-order valence-corrected chi connectivity index (χ0v) is 9.54. The van der Waals surface area contributed by atoms with E-state index in [0.717, 1.165) is 24.0 Å². The van der Waals surface area contributed by atoms with Gasteiger partial charge in [0.15, 0.2) is 0 Å². The molecule has 0 amide bonds. The quantitative estimate of drug-likeness (QED) is 0.674. The van der Waals surface area contributed by atoms with E-state index in [1.807, 2.05) is 13.0 Å². The molecule has 1 rings (SSSR count). The molecule has 0 radical (unpaired) electrons. The minimum atomic E-state index is 0.363. The third-order valence-corrected chi connectivity index (χ3v) is 1.72. The summed E-state index contributed by atoms with van der Waals surface area (Å²) in [6, 6.07) is 2.25. The van der Waals surface area contributed by atoms with Gasteiger partial charge in [-0.1, -0.05) is 0 Å². The van der Waals surface area contributed by atoms with E-state index in [1.165, 1.54) is 0 Å². The lowest BCUT2D eigenvalue weighted by atomic mass is 10.4. The van der Waals surface area contributed by atoms with Crippen molar-refractivity contribution in [3.8, 4) is 0 Å². The first-order valence-electron chi connectivity index (χ1n) is 5.18. The van der Waals surface area contributed by atoms with Gasteiger partial charge in [0.2, 0.25) is 0 Å². The van der Waals surface area contributed by atoms with Crippen molar-refractivity contribution < 1.29 is 0 Å². The van der Waals surface area contributed by atoms with Gasteiger partial charge in [-0.25, -0.2) is 9.97 Å². The van der Waals surface area contributed by atoms with Gasteiger partial charge in [0.25, 0.3) is 0 Å². The number of hydrogen-bond acceptors (Lipinski definition) is 5. The van der Waals surface area contributed by atoms with E-state index >= 15 is 0 Å². The highest BCUT2D eigenvalue weighted by molar-refractivity contribution is 5.47. The lowest BCUT2D eigenvalue weighted by Gasteiger charge is -2.11. The summed E-state index contributed by atoms with van der Waals surface area (Å²) in [7, 11) is 0. The van der Waals surface area contributed by atoms with Crippen LogP contribution in [0.1, 0.15) is 19.7 Å². The molecule has 1 heterocycles. The molecule has 0 saturated carbocycles. The van der Waals surface area contributed by atoms with E-state index < -0.39 is 0 Å². The minimum Gasteiger partial charge on any atom is -0.369 e. The van der Waals surface area contributed by atoms with E-state index in [2.05, 4.69) is 34.4 Å². The van der Waals surface area contributed by atoms with Gasteiger partial charge >= 0.3 is 0 Å². The van der Waals surface area contributed by atoms with Gasteiger partial charge in [-0.05, 0) is 20.8 Å². The van der Waals surface area contributed by atoms with Crippen LogP contribution in [0.4, 0.5) is 11.6 Å². The summed E-state index contributed by atoms with van der Waals surface area (Å²) in [5.74, 6) is 2.41. The maximum atomic E-state index is 5.41. The summed E-state index contributed by atoms with van der Waals surface area (Å²) < 4.78 is 0. The fourth-order valence-corrected chi connectivity index (χ4v) is 1.23. The molecule has 0 spiro atoms. The summed E-state index contributed by atoms with van der Waals surface area (Å²) in [5.41, 5.74) is 5.41. The summed E-state index contributed by atoms with van der Waals surface area (Å²) >= 11 is 0. The number of nitrogens with one attached hydrogen (secondary N) is 2. The van der Waals surface area contributed by atoms with Crippen molar-refractivity contribution in [2.24, 2.45) is 5.73 Å². The Morgan fingerprint density at radius 1 is 1.33 bits per heavy atom. The van der Waals surface area contributed by atoms with Crippen LogP contribution in [0.15, 0.2) is 6.07 Å². The third kappa shape index (κ3) is 4.12. The number of hydrogen-bond donors (Lipinski definition) is 3. The van der Waals surface area contributed by atoms with Gasteiger partial charge < -0.3 is 16.4 Å². The predicted octanol–water partition coefficient (Wildman–Crippen LogP) is 0.976. The highest BCUT2D eigenvalue weighted by atomic mass is 15.1. The molecular formula is C10H19N5. The second kappa shape index (κ2) is 5.50. The number of rotatable bonds is 5. The Kier molecular flexibility index (Phi) is 4.30. The van der Waals surface area contributed by atoms with Crippen molar-refractivity contribution in [3.05, 3.63) is 11.9 Å².